The van der Waals surface area contributed by atoms with E-state index in [1.807, 2.05) is 12.1 Å². The van der Waals surface area contributed by atoms with E-state index in [-0.39, 0.29) is 10.7 Å². The second-order valence-electron chi connectivity index (χ2n) is 5.96. The highest BCUT2D eigenvalue weighted by molar-refractivity contribution is 7.92. The molecule has 0 aliphatic carbocycles. The quantitative estimate of drug-likeness (QED) is 0.678. The first-order valence-corrected chi connectivity index (χ1v) is 9.33. The Balaban J connectivity index is 1.99. The lowest BCUT2D eigenvalue weighted by Gasteiger charge is -2.37. The van der Waals surface area contributed by atoms with Gasteiger partial charge >= 0.3 is 0 Å². The Morgan fingerprint density at radius 1 is 1.00 bits per heavy atom. The Morgan fingerprint density at radius 2 is 1.72 bits per heavy atom. The molecule has 3 aromatic carbocycles. The van der Waals surface area contributed by atoms with Crippen molar-refractivity contribution in [3.05, 3.63) is 84.2 Å². The molecule has 1 radical (unpaired) electrons. The van der Waals surface area contributed by atoms with Crippen LogP contribution in [0.3, 0.4) is 0 Å². The highest BCUT2D eigenvalue weighted by Crippen LogP contribution is 2.46. The maximum absolute atomic E-state index is 13.8. The molecule has 0 saturated carbocycles. The summed E-state index contributed by atoms with van der Waals surface area (Å²) in [5.74, 6) is -0.378. The van der Waals surface area contributed by atoms with Gasteiger partial charge in [0.15, 0.2) is 0 Å². The van der Waals surface area contributed by atoms with Crippen molar-refractivity contribution in [2.24, 2.45) is 0 Å². The molecule has 25 heavy (non-hydrogen) atoms. The van der Waals surface area contributed by atoms with Gasteiger partial charge in [-0.15, -0.1) is 0 Å². The van der Waals surface area contributed by atoms with Gasteiger partial charge in [-0.2, -0.15) is 0 Å². The lowest BCUT2D eigenvalue weighted by atomic mass is 9.90. The molecule has 1 aliphatic heterocycles. The maximum Gasteiger partial charge on any atom is 0.264 e. The minimum atomic E-state index is -3.79. The average molecular weight is 352 g/mol. The molecule has 0 saturated heterocycles. The predicted molar refractivity (Wildman–Crippen MR) is 95.2 cm³/mol. The zero-order chi connectivity index (χ0) is 17.6. The van der Waals surface area contributed by atoms with Gasteiger partial charge in [-0.1, -0.05) is 36.4 Å². The van der Waals surface area contributed by atoms with Crippen LogP contribution in [0.25, 0.3) is 11.1 Å². The molecule has 0 aromatic heterocycles. The van der Waals surface area contributed by atoms with Crippen LogP contribution in [-0.2, 0) is 10.0 Å². The van der Waals surface area contributed by atoms with Crippen LogP contribution in [0.2, 0.25) is 0 Å². The molecule has 125 valence electrons. The summed E-state index contributed by atoms with van der Waals surface area (Å²) >= 11 is 0. The molecule has 0 bridgehead atoms. The van der Waals surface area contributed by atoms with Crippen LogP contribution < -0.4 is 4.31 Å². The standard InChI is InChI=1S/C20H15FNO2S/c1-14-19-13-15(21)11-12-17(19)18-9-5-6-10-20(18)22(14)25(23,24)16-7-3-2-4-8-16/h3-14H,1H3/t14-/m0/s1. The van der Waals surface area contributed by atoms with Gasteiger partial charge < -0.3 is 0 Å². The smallest absolute Gasteiger partial charge is 0.258 e. The van der Waals surface area contributed by atoms with E-state index in [1.54, 1.807) is 37.3 Å². The number of halogens is 1. The third-order valence-electron chi connectivity index (χ3n) is 4.49. The maximum atomic E-state index is 13.8. The normalized spacial score (nSPS) is 16.2. The minimum absolute atomic E-state index is 0.188. The molecule has 4 rings (SSSR count). The first-order chi connectivity index (χ1) is 12.0. The van der Waals surface area contributed by atoms with E-state index in [0.717, 1.165) is 11.1 Å². The van der Waals surface area contributed by atoms with Crippen LogP contribution in [0.4, 0.5) is 10.1 Å². The third-order valence-corrected chi connectivity index (χ3v) is 6.39. The van der Waals surface area contributed by atoms with Crippen LogP contribution in [-0.4, -0.2) is 8.42 Å². The molecule has 5 heteroatoms. The summed E-state index contributed by atoms with van der Waals surface area (Å²) < 4.78 is 41.7. The van der Waals surface area contributed by atoms with Gasteiger partial charge in [-0.05, 0) is 54.4 Å². The Morgan fingerprint density at radius 3 is 2.48 bits per heavy atom. The summed E-state index contributed by atoms with van der Waals surface area (Å²) in [6.07, 6.45) is 0. The summed E-state index contributed by atoms with van der Waals surface area (Å²) in [5, 5.41) is 0. The van der Waals surface area contributed by atoms with Crippen molar-refractivity contribution in [3.8, 4) is 11.1 Å². The number of para-hydroxylation sites is 1. The van der Waals surface area contributed by atoms with E-state index >= 15 is 0 Å². The van der Waals surface area contributed by atoms with Crippen LogP contribution in [0.1, 0.15) is 18.5 Å². The van der Waals surface area contributed by atoms with Crippen molar-refractivity contribution < 1.29 is 12.8 Å². The summed E-state index contributed by atoms with van der Waals surface area (Å²) in [5.41, 5.74) is 2.89. The van der Waals surface area contributed by atoms with E-state index < -0.39 is 16.1 Å². The third kappa shape index (κ3) is 2.43. The van der Waals surface area contributed by atoms with Crippen molar-refractivity contribution in [3.63, 3.8) is 0 Å². The summed E-state index contributed by atoms with van der Waals surface area (Å²) in [4.78, 5) is 0.188. The van der Waals surface area contributed by atoms with Gasteiger partial charge in [0.2, 0.25) is 0 Å². The molecule has 0 unspecified atom stereocenters. The summed E-state index contributed by atoms with van der Waals surface area (Å²) in [7, 11) is -3.79. The Bertz CT molecular complexity index is 1050. The molecular weight excluding hydrogens is 337 g/mol. The molecule has 3 nitrogen and oxygen atoms in total. The van der Waals surface area contributed by atoms with Crippen LogP contribution >= 0.6 is 0 Å². The summed E-state index contributed by atoms with van der Waals surface area (Å²) in [6, 6.07) is 20.3. The number of benzene rings is 3. The fourth-order valence-electron chi connectivity index (χ4n) is 3.35. The largest absolute Gasteiger partial charge is 0.264 e. The average Bonchev–Trinajstić information content (AvgIpc) is 2.62. The first-order valence-electron chi connectivity index (χ1n) is 7.89. The number of sulfonamides is 1. The van der Waals surface area contributed by atoms with E-state index in [2.05, 4.69) is 6.07 Å². The number of hydrogen-bond donors (Lipinski definition) is 0. The summed E-state index contributed by atoms with van der Waals surface area (Å²) in [6.45, 7) is 1.78. The van der Waals surface area contributed by atoms with Gasteiger partial charge in [-0.25, -0.2) is 12.8 Å². The Kier molecular flexibility index (Phi) is 3.62. The van der Waals surface area contributed by atoms with Gasteiger partial charge in [0.05, 0.1) is 16.6 Å². The molecule has 0 spiro atoms. The van der Waals surface area contributed by atoms with Crippen LogP contribution in [0, 0.1) is 11.9 Å². The van der Waals surface area contributed by atoms with Crippen LogP contribution in [0.15, 0.2) is 71.6 Å². The number of rotatable bonds is 2. The first kappa shape index (κ1) is 15.8. The molecule has 0 amide bonds. The SMILES string of the molecule is C[C@H]1c2cc(F)ccc2-c2ccccc2N1S(=O)(=O)c1cc[c]cc1. The highest BCUT2D eigenvalue weighted by Gasteiger charge is 2.36. The van der Waals surface area contributed by atoms with Crippen LogP contribution in [0.5, 0.6) is 0 Å². The molecule has 0 N–H and O–H groups in total. The van der Waals surface area contributed by atoms with Crippen molar-refractivity contribution in [2.75, 3.05) is 4.31 Å². The van der Waals surface area contributed by atoms with Crippen molar-refractivity contribution in [2.45, 2.75) is 17.9 Å². The topological polar surface area (TPSA) is 37.4 Å². The monoisotopic (exact) mass is 352 g/mol. The number of hydrogen-bond acceptors (Lipinski definition) is 2. The predicted octanol–water partition coefficient (Wildman–Crippen LogP) is 4.56. The van der Waals surface area contributed by atoms with Crippen molar-refractivity contribution >= 4 is 15.7 Å². The zero-order valence-corrected chi connectivity index (χ0v) is 14.3. The lowest BCUT2D eigenvalue weighted by molar-refractivity contribution is 0.580. The van der Waals surface area contributed by atoms with E-state index in [4.69, 9.17) is 0 Å². The van der Waals surface area contributed by atoms with Gasteiger partial charge in [0, 0.05) is 5.56 Å². The minimum Gasteiger partial charge on any atom is -0.258 e. The van der Waals surface area contributed by atoms with E-state index in [9.17, 15) is 12.8 Å². The van der Waals surface area contributed by atoms with E-state index in [0.29, 0.717) is 11.3 Å². The zero-order valence-electron chi connectivity index (χ0n) is 13.5. The second-order valence-corrected chi connectivity index (χ2v) is 7.78. The lowest BCUT2D eigenvalue weighted by Crippen LogP contribution is -2.36. The van der Waals surface area contributed by atoms with Gasteiger partial charge in [-0.3, -0.25) is 4.31 Å². The van der Waals surface area contributed by atoms with E-state index in [1.165, 1.54) is 28.6 Å². The molecule has 0 fully saturated rings. The fraction of sp³-hybridized carbons (Fsp3) is 0.100. The second kappa shape index (κ2) is 5.70. The Labute approximate surface area is 146 Å². The molecule has 3 aromatic rings. The number of anilines is 1. The molecule has 1 heterocycles. The van der Waals surface area contributed by atoms with Crippen molar-refractivity contribution in [1.82, 2.24) is 0 Å². The number of nitrogens with zero attached hydrogens (tertiary/aromatic N) is 1. The Hall–Kier alpha value is -2.66. The molecule has 1 atom stereocenters. The molecule has 1 aliphatic rings. The highest BCUT2D eigenvalue weighted by atomic mass is 32.2. The van der Waals surface area contributed by atoms with Gasteiger partial charge in [0.1, 0.15) is 5.82 Å². The number of fused-ring (bicyclic) bond motifs is 3. The van der Waals surface area contributed by atoms with Crippen molar-refractivity contribution in [1.29, 1.82) is 0 Å². The van der Waals surface area contributed by atoms with Gasteiger partial charge in [0.25, 0.3) is 10.0 Å². The molecular formula is C20H15FNO2S. The fourth-order valence-corrected chi connectivity index (χ4v) is 5.00.